The molecule has 0 radical (unpaired) electrons. The maximum Gasteiger partial charge on any atom is 0.321 e. The highest BCUT2D eigenvalue weighted by atomic mass is 127. The molecule has 90 heavy (non-hydrogen) atoms. The maximum absolute atomic E-state index is 12.1. The van der Waals surface area contributed by atoms with Crippen LogP contribution in [-0.2, 0) is 57.4 Å². The van der Waals surface area contributed by atoms with Gasteiger partial charge in [-0.2, -0.15) is 11.8 Å². The number of nitrogens with one attached hydrogen (secondary N) is 4. The third-order valence-corrected chi connectivity index (χ3v) is 13.7. The molecular formula is C52H104IN9O26S2. The average molecular weight is 1460 g/mol. The minimum atomic E-state index is -2.19. The van der Waals surface area contributed by atoms with Crippen LogP contribution in [0.1, 0.15) is 73.1 Å². The van der Waals surface area contributed by atoms with E-state index in [0.29, 0.717) is 39.1 Å². The summed E-state index contributed by atoms with van der Waals surface area (Å²) in [5.41, 5.74) is 26.1. The fraction of sp³-hybridized carbons (Fsp3) is 0.808. The van der Waals surface area contributed by atoms with Gasteiger partial charge in [0, 0.05) is 89.6 Å². The first kappa shape index (κ1) is 97.3. The SMILES string of the molecule is C.C.CC(CSCC(=O)CCCNC(=O)[C@@H](O)[C@H](O)[C@H](O)[C@@H](O)C(=O)CCCNC(=O)CSCC(N)C(=O)O)C(=O)O.CI.NCCCC(=O)[C@H](O)[C@@H](O)[C@@H](O)[C@H](O)C(=O)NCCN.NCCOCCCC(=O)[C@H](O)[C@@H](O)[C@@H](O)[C@H](O)C(=O)NCCOCCN. The predicted molar refractivity (Wildman–Crippen MR) is 339 cm³/mol. The number of amides is 4. The standard InChI is InChI=1S/C23H39N3O12S2.C15H31N3O8.C11H23N3O6.CH3I.2CH4/c1-12(22(35)36)8-39-9-13(27)4-2-7-26-21(34)20(33)19(32)18(31)17(30)15(28)5-3-6-25-16(29)11-40-10-14(24)23(37)38;16-3-7-25-6-1-2-10(19)11(20)12(21)13(22)14(23)15(24)18-5-9-26-8-4-17;12-3-1-2-6(15)7(16)8(17)9(18)10(19)11(20)14-5-4-13;1-2;;/h12,14,17-20,30-33H,2-11,24H2,1H3,(H,25,29)(H,26,34)(H,35,36)(H,37,38);11-14,20-23H,1-9,16-17H2,(H,18,24);7-10,16-19H,1-5,12-13H2,(H,14,20);1H3;2*1H4/t12?,14?,17-,18+,19+,20-;11-,12+,13+,14-;7-,8+,9+,10-;;;/m000.../s1. The number of carboxylic acid groups (broad SMARTS) is 2. The van der Waals surface area contributed by atoms with E-state index in [4.69, 9.17) is 48.4 Å². The monoisotopic (exact) mass is 1460 g/mol. The van der Waals surface area contributed by atoms with Crippen LogP contribution in [0, 0.1) is 5.92 Å². The number of alkyl halides is 1. The second-order valence-corrected chi connectivity index (χ2v) is 20.8. The number of ether oxygens (including phenoxy) is 2. The summed E-state index contributed by atoms with van der Waals surface area (Å²) in [4.78, 5) is 117. The van der Waals surface area contributed by atoms with Crippen LogP contribution in [0.4, 0.5) is 0 Å². The van der Waals surface area contributed by atoms with Gasteiger partial charge in [0.2, 0.25) is 5.91 Å². The Morgan fingerprint density at radius 3 is 1.20 bits per heavy atom. The lowest BCUT2D eigenvalue weighted by Crippen LogP contribution is -2.53. The molecule has 532 valence electrons. The van der Waals surface area contributed by atoms with Crippen LogP contribution in [0.2, 0.25) is 0 Å². The van der Waals surface area contributed by atoms with Crippen LogP contribution in [0.5, 0.6) is 0 Å². The highest BCUT2D eigenvalue weighted by Crippen LogP contribution is 2.13. The molecule has 0 spiro atoms. The number of carbonyl (C=O) groups is 10. The van der Waals surface area contributed by atoms with E-state index in [-0.39, 0.29) is 135 Å². The Hall–Kier alpha value is -3.83. The zero-order chi connectivity index (χ0) is 68.5. The molecule has 28 N–H and O–H groups in total. The number of nitrogens with two attached hydrogens (primary N) is 5. The highest BCUT2D eigenvalue weighted by molar-refractivity contribution is 14.1. The first-order valence-corrected chi connectivity index (χ1v) is 31.9. The molecule has 4 amide bonds. The molecule has 0 fully saturated rings. The number of aliphatic hydroxyl groups is 12. The molecule has 0 aliphatic carbocycles. The van der Waals surface area contributed by atoms with Gasteiger partial charge < -0.3 is 131 Å². The van der Waals surface area contributed by atoms with Crippen molar-refractivity contribution in [1.82, 2.24) is 21.3 Å². The number of thioether (sulfide) groups is 2. The molecule has 38 heteroatoms. The van der Waals surface area contributed by atoms with Gasteiger partial charge in [-0.05, 0) is 37.2 Å². The topological polar surface area (TPSA) is 651 Å². The highest BCUT2D eigenvalue weighted by Gasteiger charge is 2.39. The quantitative estimate of drug-likeness (QED) is 0.0153. The summed E-state index contributed by atoms with van der Waals surface area (Å²) in [5, 5.41) is 144. The molecule has 0 aromatic carbocycles. The molecule has 0 aliphatic heterocycles. The van der Waals surface area contributed by atoms with Crippen molar-refractivity contribution in [3.05, 3.63) is 0 Å². The number of carbonyl (C=O) groups excluding carboxylic acids is 8. The largest absolute Gasteiger partial charge is 0.481 e. The van der Waals surface area contributed by atoms with Gasteiger partial charge in [0.1, 0.15) is 66.8 Å². The fourth-order valence-electron chi connectivity index (χ4n) is 6.23. The van der Waals surface area contributed by atoms with Crippen molar-refractivity contribution < 1.29 is 129 Å². The second-order valence-electron chi connectivity index (χ2n) is 18.8. The molecule has 0 rings (SSSR count). The van der Waals surface area contributed by atoms with E-state index in [1.807, 2.05) is 4.93 Å². The van der Waals surface area contributed by atoms with Gasteiger partial charge in [-0.15, -0.1) is 11.8 Å². The first-order valence-electron chi connectivity index (χ1n) is 27.5. The molecule has 0 heterocycles. The van der Waals surface area contributed by atoms with Gasteiger partial charge in [0.25, 0.3) is 17.7 Å². The van der Waals surface area contributed by atoms with E-state index in [9.17, 15) is 109 Å². The summed E-state index contributed by atoms with van der Waals surface area (Å²) < 4.78 is 10.1. The van der Waals surface area contributed by atoms with Crippen molar-refractivity contribution in [2.45, 2.75) is 152 Å². The van der Waals surface area contributed by atoms with Crippen molar-refractivity contribution in [1.29, 1.82) is 0 Å². The van der Waals surface area contributed by atoms with Crippen molar-refractivity contribution in [3.63, 3.8) is 0 Å². The molecule has 0 saturated heterocycles. The maximum atomic E-state index is 12.1. The molecule has 0 bridgehead atoms. The average Bonchev–Trinajstić information content (AvgIpc) is 2.43. The lowest BCUT2D eigenvalue weighted by molar-refractivity contribution is -0.154. The summed E-state index contributed by atoms with van der Waals surface area (Å²) >= 11 is 4.35. The number of hydrogen-bond donors (Lipinski definition) is 23. The number of aliphatic carboxylic acids is 2. The van der Waals surface area contributed by atoms with E-state index in [1.165, 1.54) is 18.7 Å². The lowest BCUT2D eigenvalue weighted by Gasteiger charge is -2.25. The first-order chi connectivity index (χ1) is 41.4. The molecular weight excluding hydrogens is 1360 g/mol. The molecule has 35 nitrogen and oxygen atoms in total. The summed E-state index contributed by atoms with van der Waals surface area (Å²) in [7, 11) is 0. The summed E-state index contributed by atoms with van der Waals surface area (Å²) in [5.74, 6) is -8.32. The van der Waals surface area contributed by atoms with Gasteiger partial charge in [0.05, 0.1) is 37.2 Å². The van der Waals surface area contributed by atoms with Crippen LogP contribution in [0.25, 0.3) is 0 Å². The van der Waals surface area contributed by atoms with Crippen molar-refractivity contribution >= 4 is 105 Å². The number of hydrogen-bond acceptors (Lipinski definition) is 31. The number of aliphatic hydroxyl groups excluding tert-OH is 12. The van der Waals surface area contributed by atoms with Crippen LogP contribution in [-0.4, -0.2) is 316 Å². The summed E-state index contributed by atoms with van der Waals surface area (Å²) in [6.45, 7) is 3.77. The smallest absolute Gasteiger partial charge is 0.321 e. The van der Waals surface area contributed by atoms with Gasteiger partial charge in [-0.1, -0.05) is 44.4 Å². The van der Waals surface area contributed by atoms with E-state index in [1.54, 1.807) is 0 Å². The van der Waals surface area contributed by atoms with E-state index < -0.39 is 138 Å². The second kappa shape index (κ2) is 60.1. The third kappa shape index (κ3) is 46.3. The van der Waals surface area contributed by atoms with Crippen LogP contribution >= 0.6 is 46.1 Å². The van der Waals surface area contributed by atoms with Crippen LogP contribution < -0.4 is 49.9 Å². The Labute approximate surface area is 546 Å². The Kier molecular flexibility index (Phi) is 65.0. The summed E-state index contributed by atoms with van der Waals surface area (Å²) in [6, 6.07) is -1.10. The van der Waals surface area contributed by atoms with Crippen molar-refractivity contribution in [3.8, 4) is 0 Å². The zero-order valence-corrected chi connectivity index (χ0v) is 53.1. The molecule has 14 atom stereocenters. The molecule has 0 saturated carbocycles. The zero-order valence-electron chi connectivity index (χ0n) is 49.3. The Balaban J connectivity index is -0.000000305. The number of Topliss-reactive ketones (excluding diaryl/α,β-unsaturated/α-hetero) is 4. The number of carboxylic acids is 2. The molecule has 0 aliphatic rings. The predicted octanol–water partition coefficient (Wildman–Crippen LogP) is -9.06. The van der Waals surface area contributed by atoms with Crippen LogP contribution in [0.15, 0.2) is 0 Å². The number of halogens is 1. The third-order valence-electron chi connectivity index (χ3n) is 11.4. The fourth-order valence-corrected chi connectivity index (χ4v) is 8.02. The normalized spacial score (nSPS) is 15.4. The van der Waals surface area contributed by atoms with E-state index in [2.05, 4.69) is 43.9 Å². The Morgan fingerprint density at radius 2 is 0.789 bits per heavy atom. The van der Waals surface area contributed by atoms with Gasteiger partial charge in [-0.3, -0.25) is 47.9 Å². The van der Waals surface area contributed by atoms with Crippen LogP contribution in [0.3, 0.4) is 0 Å². The Morgan fingerprint density at radius 1 is 0.422 bits per heavy atom. The molecule has 0 aromatic rings. The van der Waals surface area contributed by atoms with Gasteiger partial charge >= 0.3 is 11.9 Å². The molecule has 2 unspecified atom stereocenters. The van der Waals surface area contributed by atoms with E-state index >= 15 is 0 Å². The Bertz CT molecular complexity index is 1850. The number of ketones is 4. The van der Waals surface area contributed by atoms with Crippen molar-refractivity contribution in [2.24, 2.45) is 34.6 Å². The molecule has 0 aromatic heterocycles. The number of rotatable bonds is 49. The van der Waals surface area contributed by atoms with Gasteiger partial charge in [-0.25, -0.2) is 0 Å². The van der Waals surface area contributed by atoms with Gasteiger partial charge in [0.15, 0.2) is 35.7 Å². The van der Waals surface area contributed by atoms with Crippen molar-refractivity contribution in [2.75, 3.05) is 107 Å². The lowest BCUT2D eigenvalue weighted by atomic mass is 9.97. The summed E-state index contributed by atoms with van der Waals surface area (Å²) in [6.07, 6.45) is -24.0. The van der Waals surface area contributed by atoms with E-state index in [0.717, 1.165) is 11.8 Å². The minimum Gasteiger partial charge on any atom is -0.481 e. The minimum absolute atomic E-state index is 0.